The molecule has 0 spiro atoms. The third kappa shape index (κ3) is 4.72. The zero-order valence-electron chi connectivity index (χ0n) is 21.1. The summed E-state index contributed by atoms with van der Waals surface area (Å²) < 4.78 is 26.1. The number of carbonyl (C=O) groups excluding carboxylic acids is 1. The van der Waals surface area contributed by atoms with Gasteiger partial charge in [0.25, 0.3) is 5.56 Å². The first-order valence-electron chi connectivity index (χ1n) is 12.5. The number of ether oxygens (including phenoxy) is 2. The largest absolute Gasteiger partial charge is 0.454 e. The van der Waals surface area contributed by atoms with Crippen molar-refractivity contribution in [2.24, 2.45) is 0 Å². The van der Waals surface area contributed by atoms with Crippen molar-refractivity contribution < 1.29 is 18.7 Å². The highest BCUT2D eigenvalue weighted by atomic mass is 19.1. The first-order chi connectivity index (χ1) is 19.0. The van der Waals surface area contributed by atoms with Crippen LogP contribution in [0.5, 0.6) is 11.5 Å². The Morgan fingerprint density at radius 2 is 1.79 bits per heavy atom. The number of aromatic nitrogens is 2. The van der Waals surface area contributed by atoms with Gasteiger partial charge in [0.1, 0.15) is 11.5 Å². The van der Waals surface area contributed by atoms with E-state index >= 15 is 0 Å². The Kier molecular flexibility index (Phi) is 6.28. The lowest BCUT2D eigenvalue weighted by atomic mass is 10.0. The number of ketones is 1. The van der Waals surface area contributed by atoms with Crippen LogP contribution in [0.2, 0.25) is 0 Å². The first kappa shape index (κ1) is 24.4. The normalized spacial score (nSPS) is 15.5. The van der Waals surface area contributed by atoms with Gasteiger partial charge in [-0.05, 0) is 79.2 Å². The molecule has 0 aliphatic carbocycles. The monoisotopic (exact) mass is 521 g/mol. The second kappa shape index (κ2) is 10.1. The number of nitrogens with zero attached hydrogens (tertiary/aromatic N) is 3. The highest BCUT2D eigenvalue weighted by Gasteiger charge is 2.21. The van der Waals surface area contributed by atoms with Gasteiger partial charge in [0.05, 0.1) is 12.2 Å². The molecule has 0 amide bonds. The number of fused-ring (bicyclic) bond motifs is 1. The van der Waals surface area contributed by atoms with E-state index in [1.165, 1.54) is 30.5 Å². The Morgan fingerprint density at radius 3 is 2.62 bits per heavy atom. The summed E-state index contributed by atoms with van der Waals surface area (Å²) >= 11 is 0. The van der Waals surface area contributed by atoms with E-state index in [1.807, 2.05) is 66.6 Å². The number of benzene rings is 2. The van der Waals surface area contributed by atoms with Crippen molar-refractivity contribution >= 4 is 11.5 Å². The Hall–Kier alpha value is -4.98. The SMILES string of the molecule is C[C@H]1C=CC=CN1c1ccc(-c2ccc3c(c2)OCO3)n(Cc2cncc(C(=O)c3ccc(F)cc3)c2)c1=O. The highest BCUT2D eigenvalue weighted by molar-refractivity contribution is 6.08. The number of hydrogen-bond acceptors (Lipinski definition) is 6. The zero-order valence-corrected chi connectivity index (χ0v) is 21.1. The molecule has 0 bridgehead atoms. The number of carbonyl (C=O) groups is 1. The lowest BCUT2D eigenvalue weighted by Crippen LogP contribution is -2.35. The molecule has 39 heavy (non-hydrogen) atoms. The van der Waals surface area contributed by atoms with Crippen LogP contribution in [0.15, 0.2) is 102 Å². The number of halogens is 1. The van der Waals surface area contributed by atoms with Gasteiger partial charge in [-0.1, -0.05) is 12.2 Å². The third-order valence-electron chi connectivity index (χ3n) is 6.79. The molecule has 8 heteroatoms. The summed E-state index contributed by atoms with van der Waals surface area (Å²) in [5, 5.41) is 0. The third-order valence-corrected chi connectivity index (χ3v) is 6.79. The lowest BCUT2D eigenvalue weighted by molar-refractivity contribution is 0.103. The topological polar surface area (TPSA) is 73.7 Å². The summed E-state index contributed by atoms with van der Waals surface area (Å²) in [5.74, 6) is 0.573. The van der Waals surface area contributed by atoms with Gasteiger partial charge in [0.2, 0.25) is 6.79 Å². The van der Waals surface area contributed by atoms with Crippen molar-refractivity contribution in [3.63, 3.8) is 0 Å². The van der Waals surface area contributed by atoms with Crippen LogP contribution >= 0.6 is 0 Å². The van der Waals surface area contributed by atoms with Crippen LogP contribution < -0.4 is 19.9 Å². The van der Waals surface area contributed by atoms with Gasteiger partial charge in [0.15, 0.2) is 17.3 Å². The minimum absolute atomic E-state index is 0.00543. The quantitative estimate of drug-likeness (QED) is 0.319. The second-order valence-corrected chi connectivity index (χ2v) is 9.36. The van der Waals surface area contributed by atoms with Crippen LogP contribution in [0, 0.1) is 5.82 Å². The molecule has 2 aliphatic heterocycles. The minimum Gasteiger partial charge on any atom is -0.454 e. The summed E-state index contributed by atoms with van der Waals surface area (Å²) in [4.78, 5) is 33.2. The fourth-order valence-corrected chi connectivity index (χ4v) is 4.77. The van der Waals surface area contributed by atoms with Crippen LogP contribution in [0.4, 0.5) is 10.1 Å². The van der Waals surface area contributed by atoms with E-state index in [2.05, 4.69) is 4.98 Å². The van der Waals surface area contributed by atoms with E-state index in [4.69, 9.17) is 9.47 Å². The smallest absolute Gasteiger partial charge is 0.275 e. The standard InChI is InChI=1S/C31H24FN3O4/c1-20-4-2-3-13-34(20)27-11-10-26(23-7-12-28-29(15-23)39-19-38-28)35(31(27)37)18-21-14-24(17-33-16-21)30(36)22-5-8-25(32)9-6-22/h2-17,20H,18-19H2,1H3/t20-/m0/s1. The number of anilines is 1. The molecule has 194 valence electrons. The maximum atomic E-state index is 14.0. The van der Waals surface area contributed by atoms with Crippen molar-refractivity contribution in [2.45, 2.75) is 19.5 Å². The molecule has 1 atom stereocenters. The van der Waals surface area contributed by atoms with Crippen molar-refractivity contribution in [3.05, 3.63) is 130 Å². The van der Waals surface area contributed by atoms with E-state index in [9.17, 15) is 14.0 Å². The Balaban J connectivity index is 1.42. The Bertz CT molecular complexity index is 1690. The van der Waals surface area contributed by atoms with E-state index in [-0.39, 0.29) is 30.7 Å². The van der Waals surface area contributed by atoms with Crippen LogP contribution in [0.25, 0.3) is 11.3 Å². The van der Waals surface area contributed by atoms with Crippen LogP contribution in [0.3, 0.4) is 0 Å². The molecule has 2 aliphatic rings. The average Bonchev–Trinajstić information content (AvgIpc) is 3.43. The van der Waals surface area contributed by atoms with Crippen molar-refractivity contribution in [3.8, 4) is 22.8 Å². The molecule has 7 nitrogen and oxygen atoms in total. The number of pyridine rings is 2. The summed E-state index contributed by atoms with van der Waals surface area (Å²) in [6, 6.07) is 16.4. The van der Waals surface area contributed by atoms with Gasteiger partial charge < -0.3 is 18.9 Å². The molecule has 4 heterocycles. The van der Waals surface area contributed by atoms with Crippen LogP contribution in [0.1, 0.15) is 28.4 Å². The summed E-state index contributed by atoms with van der Waals surface area (Å²) in [5.41, 5.74) is 3.19. The molecule has 0 fully saturated rings. The highest BCUT2D eigenvalue weighted by Crippen LogP contribution is 2.36. The number of rotatable bonds is 6. The predicted molar refractivity (Wildman–Crippen MR) is 146 cm³/mol. The lowest BCUT2D eigenvalue weighted by Gasteiger charge is -2.28. The molecule has 6 rings (SSSR count). The Morgan fingerprint density at radius 1 is 0.974 bits per heavy atom. The molecule has 0 radical (unpaired) electrons. The fraction of sp³-hybridized carbons (Fsp3) is 0.129. The van der Waals surface area contributed by atoms with E-state index in [0.717, 1.165) is 5.56 Å². The van der Waals surface area contributed by atoms with Gasteiger partial charge in [-0.15, -0.1) is 0 Å². The Labute approximate surface area is 224 Å². The van der Waals surface area contributed by atoms with E-state index in [0.29, 0.717) is 39.6 Å². The zero-order chi connectivity index (χ0) is 26.9. The minimum atomic E-state index is -0.415. The summed E-state index contributed by atoms with van der Waals surface area (Å²) in [7, 11) is 0. The summed E-state index contributed by atoms with van der Waals surface area (Å²) in [6.07, 6.45) is 10.9. The van der Waals surface area contributed by atoms with Crippen LogP contribution in [-0.4, -0.2) is 28.2 Å². The molecule has 4 aromatic rings. The van der Waals surface area contributed by atoms with E-state index < -0.39 is 5.82 Å². The summed E-state index contributed by atoms with van der Waals surface area (Å²) in [6.45, 7) is 2.34. The van der Waals surface area contributed by atoms with Crippen molar-refractivity contribution in [1.29, 1.82) is 0 Å². The van der Waals surface area contributed by atoms with Crippen molar-refractivity contribution in [2.75, 3.05) is 11.7 Å². The average molecular weight is 522 g/mol. The fourth-order valence-electron chi connectivity index (χ4n) is 4.77. The molecule has 0 saturated heterocycles. The van der Waals surface area contributed by atoms with E-state index in [1.54, 1.807) is 16.8 Å². The maximum Gasteiger partial charge on any atom is 0.275 e. The molecule has 0 N–H and O–H groups in total. The molecule has 2 aromatic heterocycles. The number of hydrogen-bond donors (Lipinski definition) is 0. The maximum absolute atomic E-state index is 14.0. The van der Waals surface area contributed by atoms with Gasteiger partial charge in [-0.25, -0.2) is 4.39 Å². The van der Waals surface area contributed by atoms with Gasteiger partial charge >= 0.3 is 0 Å². The second-order valence-electron chi connectivity index (χ2n) is 9.36. The molecule has 0 saturated carbocycles. The van der Waals surface area contributed by atoms with Crippen LogP contribution in [-0.2, 0) is 6.54 Å². The molecule has 0 unspecified atom stereocenters. The number of allylic oxidation sites excluding steroid dienone is 2. The molecular weight excluding hydrogens is 497 g/mol. The van der Waals surface area contributed by atoms with Gasteiger partial charge in [-0.2, -0.15) is 0 Å². The first-order valence-corrected chi connectivity index (χ1v) is 12.5. The van der Waals surface area contributed by atoms with Gasteiger partial charge in [0, 0.05) is 41.3 Å². The molecular formula is C31H24FN3O4. The predicted octanol–water partition coefficient (Wildman–Crippen LogP) is 5.34. The van der Waals surface area contributed by atoms with Crippen molar-refractivity contribution in [1.82, 2.24) is 9.55 Å². The van der Waals surface area contributed by atoms with Gasteiger partial charge in [-0.3, -0.25) is 14.6 Å². The molecule has 2 aromatic carbocycles.